The second-order valence-corrected chi connectivity index (χ2v) is 16.2. The second kappa shape index (κ2) is 11.6. The molecule has 4 fully saturated rings. The summed E-state index contributed by atoms with van der Waals surface area (Å²) in [5, 5.41) is 9.83. The Hall–Kier alpha value is -4.28. The molecule has 0 bridgehead atoms. The van der Waals surface area contributed by atoms with E-state index in [1.54, 1.807) is 7.05 Å². The topological polar surface area (TPSA) is 107 Å². The van der Waals surface area contributed by atoms with Gasteiger partial charge in [-0.15, -0.1) is 0 Å². The van der Waals surface area contributed by atoms with Crippen LogP contribution in [-0.4, -0.2) is 76.6 Å². The molecule has 9 rings (SSSR count). The minimum Gasteiger partial charge on any atom is -0.355 e. The smallest absolute Gasteiger partial charge is 0.251 e. The van der Waals surface area contributed by atoms with Gasteiger partial charge in [0.25, 0.3) is 5.91 Å². The summed E-state index contributed by atoms with van der Waals surface area (Å²) in [6.45, 7) is 10.7. The number of anilines is 3. The Morgan fingerprint density at radius 2 is 1.78 bits per heavy atom. The first-order chi connectivity index (χ1) is 24.1. The van der Waals surface area contributed by atoms with Crippen molar-refractivity contribution in [3.63, 3.8) is 0 Å². The summed E-state index contributed by atoms with van der Waals surface area (Å²) in [4.78, 5) is 42.2. The van der Waals surface area contributed by atoms with Crippen molar-refractivity contribution in [1.82, 2.24) is 30.1 Å². The van der Waals surface area contributed by atoms with Crippen molar-refractivity contribution in [3.05, 3.63) is 65.5 Å². The van der Waals surface area contributed by atoms with E-state index < -0.39 is 5.41 Å². The van der Waals surface area contributed by atoms with E-state index in [1.807, 2.05) is 31.5 Å². The summed E-state index contributed by atoms with van der Waals surface area (Å²) in [6, 6.07) is 15.7. The van der Waals surface area contributed by atoms with Crippen LogP contribution >= 0.6 is 0 Å². The predicted molar refractivity (Wildman–Crippen MR) is 197 cm³/mol. The van der Waals surface area contributed by atoms with Gasteiger partial charge in [0.15, 0.2) is 5.82 Å². The van der Waals surface area contributed by atoms with Gasteiger partial charge in [-0.05, 0) is 112 Å². The highest BCUT2D eigenvalue weighted by molar-refractivity contribution is 6.09. The molecule has 2 aromatic carbocycles. The molecule has 0 unspecified atom stereocenters. The molecule has 10 nitrogen and oxygen atoms in total. The summed E-state index contributed by atoms with van der Waals surface area (Å²) >= 11 is 0. The maximum atomic E-state index is 14.6. The number of aromatic nitrogens is 3. The van der Waals surface area contributed by atoms with Crippen LogP contribution in [0.5, 0.6) is 0 Å². The molecule has 0 radical (unpaired) electrons. The van der Waals surface area contributed by atoms with Crippen molar-refractivity contribution in [2.45, 2.75) is 89.3 Å². The van der Waals surface area contributed by atoms with Gasteiger partial charge in [0.2, 0.25) is 5.91 Å². The van der Waals surface area contributed by atoms with Crippen molar-refractivity contribution in [2.24, 2.45) is 5.41 Å². The number of nitrogens with one attached hydrogen (secondary N) is 3. The Labute approximate surface area is 294 Å². The number of imidazole rings is 1. The lowest BCUT2D eigenvalue weighted by Crippen LogP contribution is -2.57. The number of hydrogen-bond donors (Lipinski definition) is 3. The van der Waals surface area contributed by atoms with E-state index in [0.717, 1.165) is 104 Å². The van der Waals surface area contributed by atoms with Crippen LogP contribution in [0.2, 0.25) is 0 Å². The SMILES string of the molecule is CNC(=O)c1cc(Nc2nc(-c3ccc4c(c3)N([C@H]3C[C@@H](N5CCC(C)(C)C5)C3)C(=O)C43CCNCC3)cc3ncn(C4CC4)c23)ccc1C. The maximum absolute atomic E-state index is 14.6. The lowest BCUT2D eigenvalue weighted by atomic mass is 9.74. The number of aryl methyl sites for hydroxylation is 1. The molecule has 50 heavy (non-hydrogen) atoms. The summed E-state index contributed by atoms with van der Waals surface area (Å²) in [5.41, 5.74) is 8.12. The van der Waals surface area contributed by atoms with E-state index in [9.17, 15) is 9.59 Å². The number of piperidine rings is 1. The molecular formula is C40H48N8O2. The number of carbonyl (C=O) groups is 2. The molecular weight excluding hydrogens is 624 g/mol. The Balaban J connectivity index is 1.10. The highest BCUT2D eigenvalue weighted by Crippen LogP contribution is 2.52. The van der Waals surface area contributed by atoms with E-state index in [-0.39, 0.29) is 17.9 Å². The highest BCUT2D eigenvalue weighted by Gasteiger charge is 2.55. The number of fused-ring (bicyclic) bond motifs is 3. The number of hydrogen-bond acceptors (Lipinski definition) is 7. The first-order valence-electron chi connectivity index (χ1n) is 18.5. The summed E-state index contributed by atoms with van der Waals surface area (Å²) < 4.78 is 2.24. The first-order valence-corrected chi connectivity index (χ1v) is 18.5. The van der Waals surface area contributed by atoms with Gasteiger partial charge in [-0.2, -0.15) is 0 Å². The fourth-order valence-corrected chi connectivity index (χ4v) is 9.12. The van der Waals surface area contributed by atoms with Gasteiger partial charge in [0, 0.05) is 54.2 Å². The molecule has 3 aliphatic heterocycles. The standard InChI is InChI=1S/C40H48N8O2/c1-24-5-7-26(18-30(24)37(49)41-4)44-36-35-33(43-23-47(35)27-8-9-27)21-32(45-36)25-6-10-31-34(17-25)48(38(50)40(31)11-14-42-15-12-40)29-19-28(20-29)46-16-13-39(2,3)22-46/h5-7,10,17-18,21,23,27-29,42H,8-9,11-16,19-20,22H2,1-4H3,(H,41,49)(H,44,45)/t28-,29+. The van der Waals surface area contributed by atoms with Gasteiger partial charge in [-0.3, -0.25) is 14.5 Å². The van der Waals surface area contributed by atoms with Crippen molar-refractivity contribution in [3.8, 4) is 11.3 Å². The zero-order valence-corrected chi connectivity index (χ0v) is 29.7. The molecule has 5 heterocycles. The van der Waals surface area contributed by atoms with E-state index in [2.05, 4.69) is 68.4 Å². The lowest BCUT2D eigenvalue weighted by molar-refractivity contribution is -0.125. The van der Waals surface area contributed by atoms with Gasteiger partial charge in [-0.1, -0.05) is 32.0 Å². The van der Waals surface area contributed by atoms with Crippen LogP contribution in [0.1, 0.15) is 86.3 Å². The van der Waals surface area contributed by atoms with Crippen molar-refractivity contribution < 1.29 is 9.59 Å². The Morgan fingerprint density at radius 1 is 0.980 bits per heavy atom. The molecule has 260 valence electrons. The molecule has 2 amide bonds. The molecule has 3 N–H and O–H groups in total. The average Bonchev–Trinajstić information content (AvgIpc) is 3.69. The third-order valence-electron chi connectivity index (χ3n) is 12.3. The van der Waals surface area contributed by atoms with Gasteiger partial charge in [0.1, 0.15) is 5.52 Å². The van der Waals surface area contributed by atoms with E-state index in [0.29, 0.717) is 28.9 Å². The van der Waals surface area contributed by atoms with Crippen molar-refractivity contribution >= 4 is 40.0 Å². The van der Waals surface area contributed by atoms with E-state index in [1.165, 1.54) is 12.0 Å². The van der Waals surface area contributed by atoms with Crippen LogP contribution in [0.4, 0.5) is 17.2 Å². The number of rotatable bonds is 7. The van der Waals surface area contributed by atoms with Crippen LogP contribution in [0.25, 0.3) is 22.3 Å². The number of likely N-dealkylation sites (tertiary alicyclic amines) is 1. The largest absolute Gasteiger partial charge is 0.355 e. The number of benzene rings is 2. The first kappa shape index (κ1) is 31.7. The number of amides is 2. The maximum Gasteiger partial charge on any atom is 0.251 e. The summed E-state index contributed by atoms with van der Waals surface area (Å²) in [5.74, 6) is 0.885. The Kier molecular flexibility index (Phi) is 7.37. The van der Waals surface area contributed by atoms with Gasteiger partial charge >= 0.3 is 0 Å². The Bertz CT molecular complexity index is 2020. The average molecular weight is 673 g/mol. The zero-order valence-electron chi connectivity index (χ0n) is 29.7. The summed E-state index contributed by atoms with van der Waals surface area (Å²) in [7, 11) is 1.65. The summed E-state index contributed by atoms with van der Waals surface area (Å²) in [6.07, 6.45) is 9.15. The molecule has 2 aliphatic carbocycles. The number of pyridine rings is 1. The van der Waals surface area contributed by atoms with Crippen LogP contribution < -0.4 is 20.9 Å². The molecule has 1 spiro atoms. The zero-order chi connectivity index (χ0) is 34.4. The fraction of sp³-hybridized carbons (Fsp3) is 0.500. The van der Waals surface area contributed by atoms with Crippen LogP contribution in [-0.2, 0) is 10.2 Å². The third kappa shape index (κ3) is 5.13. The molecule has 5 aliphatic rings. The van der Waals surface area contributed by atoms with Crippen molar-refractivity contribution in [1.29, 1.82) is 0 Å². The monoisotopic (exact) mass is 672 g/mol. The van der Waals surface area contributed by atoms with Crippen LogP contribution in [0, 0.1) is 12.3 Å². The highest BCUT2D eigenvalue weighted by atomic mass is 16.2. The normalized spacial score (nSPS) is 24.1. The quantitative estimate of drug-likeness (QED) is 0.219. The molecule has 10 heteroatoms. The fourth-order valence-electron chi connectivity index (χ4n) is 9.12. The van der Waals surface area contributed by atoms with Gasteiger partial charge < -0.3 is 25.4 Å². The van der Waals surface area contributed by atoms with Gasteiger partial charge in [-0.25, -0.2) is 9.97 Å². The van der Waals surface area contributed by atoms with E-state index >= 15 is 0 Å². The van der Waals surface area contributed by atoms with E-state index in [4.69, 9.17) is 9.97 Å². The lowest BCUT2D eigenvalue weighted by Gasteiger charge is -2.46. The minimum atomic E-state index is -0.457. The van der Waals surface area contributed by atoms with Crippen molar-refractivity contribution in [2.75, 3.05) is 43.4 Å². The molecule has 2 aromatic heterocycles. The minimum absolute atomic E-state index is 0.119. The molecule has 2 saturated carbocycles. The predicted octanol–water partition coefficient (Wildman–Crippen LogP) is 6.08. The van der Waals surface area contributed by atoms with Crippen LogP contribution in [0.3, 0.4) is 0 Å². The third-order valence-corrected chi connectivity index (χ3v) is 12.3. The molecule has 2 saturated heterocycles. The van der Waals surface area contributed by atoms with Crippen LogP contribution in [0.15, 0.2) is 48.8 Å². The molecule has 0 atom stereocenters. The van der Waals surface area contributed by atoms with Gasteiger partial charge in [0.05, 0.1) is 23.0 Å². The number of carbonyl (C=O) groups excluding carboxylic acids is 2. The molecule has 4 aromatic rings. The Morgan fingerprint density at radius 3 is 2.50 bits per heavy atom. The second-order valence-electron chi connectivity index (χ2n) is 16.2. The number of nitrogens with zero attached hydrogens (tertiary/aromatic N) is 5.